The van der Waals surface area contributed by atoms with Gasteiger partial charge < -0.3 is 15.2 Å². The molecule has 1 aliphatic carbocycles. The van der Waals surface area contributed by atoms with E-state index in [1.54, 1.807) is 18.2 Å². The van der Waals surface area contributed by atoms with Gasteiger partial charge in [-0.05, 0) is 24.1 Å². The molecule has 0 bridgehead atoms. The second-order valence-corrected chi connectivity index (χ2v) is 5.84. The highest BCUT2D eigenvalue weighted by atomic mass is 35.5. The van der Waals surface area contributed by atoms with Gasteiger partial charge >= 0.3 is 0 Å². The lowest BCUT2D eigenvalue weighted by Gasteiger charge is -2.31. The Morgan fingerprint density at radius 3 is 2.87 bits per heavy atom. The molecule has 0 saturated carbocycles. The number of methoxy groups -OCH3 is 1. The molecule has 1 atom stereocenters. The van der Waals surface area contributed by atoms with Crippen LogP contribution in [0.4, 0.5) is 0 Å². The van der Waals surface area contributed by atoms with Crippen molar-refractivity contribution in [3.05, 3.63) is 51.6 Å². The molecule has 0 aromatic heterocycles. The molecule has 0 spiro atoms. The summed E-state index contributed by atoms with van der Waals surface area (Å²) >= 11 is 6.20. The van der Waals surface area contributed by atoms with Crippen LogP contribution in [0.3, 0.4) is 0 Å². The Morgan fingerprint density at radius 1 is 1.43 bits per heavy atom. The standard InChI is InChI=1S/C17H15ClN2O3/c1-22-13-6-5-9(7-11(13)18)15-10(8-19)17(20)23-14-4-2-3-12(21)16(14)15/h5-7,15H,2-4,20H2,1H3. The SMILES string of the molecule is COc1ccc(C2C(C#N)=C(N)OC3=C2C(=O)CCC3)cc1Cl. The van der Waals surface area contributed by atoms with Gasteiger partial charge in [0.1, 0.15) is 23.2 Å². The molecule has 118 valence electrons. The van der Waals surface area contributed by atoms with Crippen LogP contribution in [0.25, 0.3) is 0 Å². The van der Waals surface area contributed by atoms with E-state index in [1.807, 2.05) is 0 Å². The normalized spacial score (nSPS) is 20.7. The van der Waals surface area contributed by atoms with E-state index in [0.717, 1.165) is 12.0 Å². The molecule has 6 heteroatoms. The van der Waals surface area contributed by atoms with Crippen molar-refractivity contribution in [1.29, 1.82) is 5.26 Å². The maximum absolute atomic E-state index is 12.4. The van der Waals surface area contributed by atoms with Crippen molar-refractivity contribution in [2.75, 3.05) is 7.11 Å². The number of ether oxygens (including phenoxy) is 2. The lowest BCUT2D eigenvalue weighted by Crippen LogP contribution is -2.27. The van der Waals surface area contributed by atoms with Crippen molar-refractivity contribution >= 4 is 17.4 Å². The lowest BCUT2D eigenvalue weighted by atomic mass is 9.77. The van der Waals surface area contributed by atoms with Crippen molar-refractivity contribution in [3.63, 3.8) is 0 Å². The minimum atomic E-state index is -0.542. The fraction of sp³-hybridized carbons (Fsp3) is 0.294. The largest absolute Gasteiger partial charge is 0.495 e. The van der Waals surface area contributed by atoms with Crippen molar-refractivity contribution < 1.29 is 14.3 Å². The molecule has 0 saturated heterocycles. The van der Waals surface area contributed by atoms with Crippen molar-refractivity contribution in [3.8, 4) is 11.8 Å². The van der Waals surface area contributed by atoms with Crippen molar-refractivity contribution in [1.82, 2.24) is 0 Å². The van der Waals surface area contributed by atoms with Crippen molar-refractivity contribution in [2.24, 2.45) is 5.73 Å². The van der Waals surface area contributed by atoms with E-state index in [2.05, 4.69) is 6.07 Å². The number of carbonyl (C=O) groups excluding carboxylic acids is 1. The number of hydrogen-bond donors (Lipinski definition) is 1. The number of nitrogens with zero attached hydrogens (tertiary/aromatic N) is 1. The highest BCUT2D eigenvalue weighted by molar-refractivity contribution is 6.32. The van der Waals surface area contributed by atoms with Gasteiger partial charge in [0.2, 0.25) is 5.88 Å². The fourth-order valence-electron chi connectivity index (χ4n) is 3.05. The average Bonchev–Trinajstić information content (AvgIpc) is 2.53. The van der Waals surface area contributed by atoms with E-state index >= 15 is 0 Å². The third-order valence-corrected chi connectivity index (χ3v) is 4.41. The minimum Gasteiger partial charge on any atom is -0.495 e. The van der Waals surface area contributed by atoms with Crippen LogP contribution in [0.1, 0.15) is 30.7 Å². The van der Waals surface area contributed by atoms with Crippen LogP contribution in [0, 0.1) is 11.3 Å². The zero-order valence-electron chi connectivity index (χ0n) is 12.6. The topological polar surface area (TPSA) is 85.3 Å². The second-order valence-electron chi connectivity index (χ2n) is 5.43. The zero-order chi connectivity index (χ0) is 16.6. The van der Waals surface area contributed by atoms with E-state index in [-0.39, 0.29) is 17.2 Å². The summed E-state index contributed by atoms with van der Waals surface area (Å²) in [5.74, 6) is 0.595. The Kier molecular flexibility index (Phi) is 4.01. The van der Waals surface area contributed by atoms with E-state index < -0.39 is 5.92 Å². The summed E-state index contributed by atoms with van der Waals surface area (Å²) in [4.78, 5) is 12.4. The summed E-state index contributed by atoms with van der Waals surface area (Å²) in [6.45, 7) is 0. The zero-order valence-corrected chi connectivity index (χ0v) is 13.3. The van der Waals surface area contributed by atoms with Gasteiger partial charge in [-0.15, -0.1) is 0 Å². The molecule has 1 unspecified atom stereocenters. The summed E-state index contributed by atoms with van der Waals surface area (Å²) in [6, 6.07) is 7.28. The Hall–Kier alpha value is -2.45. The molecule has 0 amide bonds. The van der Waals surface area contributed by atoms with E-state index in [9.17, 15) is 10.1 Å². The van der Waals surface area contributed by atoms with Gasteiger partial charge in [0.15, 0.2) is 5.78 Å². The van der Waals surface area contributed by atoms with Crippen LogP contribution in [-0.2, 0) is 9.53 Å². The molecule has 1 aliphatic heterocycles. The molecular weight excluding hydrogens is 316 g/mol. The third kappa shape index (κ3) is 2.55. The van der Waals surface area contributed by atoms with Crippen LogP contribution < -0.4 is 10.5 Å². The van der Waals surface area contributed by atoms with Gasteiger partial charge in [0, 0.05) is 18.4 Å². The van der Waals surface area contributed by atoms with Gasteiger partial charge in [-0.3, -0.25) is 4.79 Å². The van der Waals surface area contributed by atoms with Crippen LogP contribution in [-0.4, -0.2) is 12.9 Å². The van der Waals surface area contributed by atoms with E-state index in [1.165, 1.54) is 7.11 Å². The van der Waals surface area contributed by atoms with E-state index in [4.69, 9.17) is 26.8 Å². The van der Waals surface area contributed by atoms with E-state index in [0.29, 0.717) is 34.9 Å². The maximum atomic E-state index is 12.4. The molecule has 1 aromatic carbocycles. The molecule has 2 aliphatic rings. The lowest BCUT2D eigenvalue weighted by molar-refractivity contribution is -0.116. The number of rotatable bonds is 2. The van der Waals surface area contributed by atoms with Crippen LogP contribution in [0.15, 0.2) is 41.0 Å². The average molecular weight is 331 g/mol. The summed E-state index contributed by atoms with van der Waals surface area (Å²) in [6.07, 6.45) is 1.81. The quantitative estimate of drug-likeness (QED) is 0.900. The molecule has 5 nitrogen and oxygen atoms in total. The maximum Gasteiger partial charge on any atom is 0.205 e. The Balaban J connectivity index is 2.17. The number of allylic oxidation sites excluding steroid dienone is 3. The third-order valence-electron chi connectivity index (χ3n) is 4.11. The number of nitriles is 1. The number of benzene rings is 1. The Morgan fingerprint density at radius 2 is 2.22 bits per heavy atom. The van der Waals surface area contributed by atoms with Gasteiger partial charge in [0.05, 0.1) is 18.1 Å². The molecule has 1 heterocycles. The Bertz CT molecular complexity index is 790. The molecule has 1 aromatic rings. The number of hydrogen-bond acceptors (Lipinski definition) is 5. The summed E-state index contributed by atoms with van der Waals surface area (Å²) in [5, 5.41) is 9.89. The number of carbonyl (C=O) groups is 1. The summed E-state index contributed by atoms with van der Waals surface area (Å²) in [5.41, 5.74) is 7.37. The summed E-state index contributed by atoms with van der Waals surface area (Å²) in [7, 11) is 1.53. The molecule has 0 fully saturated rings. The molecule has 2 N–H and O–H groups in total. The fourth-order valence-corrected chi connectivity index (χ4v) is 3.32. The smallest absolute Gasteiger partial charge is 0.205 e. The number of nitrogens with two attached hydrogens (primary N) is 1. The first-order valence-electron chi connectivity index (χ1n) is 7.24. The van der Waals surface area contributed by atoms with Crippen LogP contribution in [0.5, 0.6) is 5.75 Å². The van der Waals surface area contributed by atoms with Gasteiger partial charge in [-0.25, -0.2) is 0 Å². The molecular formula is C17H15ClN2O3. The molecule has 0 radical (unpaired) electrons. The van der Waals surface area contributed by atoms with Gasteiger partial charge in [-0.2, -0.15) is 5.26 Å². The van der Waals surface area contributed by atoms with Crippen LogP contribution in [0.2, 0.25) is 5.02 Å². The molecule has 3 rings (SSSR count). The predicted octanol–water partition coefficient (Wildman–Crippen LogP) is 3.16. The predicted molar refractivity (Wildman–Crippen MR) is 84.5 cm³/mol. The van der Waals surface area contributed by atoms with Gasteiger partial charge in [0.25, 0.3) is 0 Å². The first-order chi connectivity index (χ1) is 11.1. The highest BCUT2D eigenvalue weighted by Gasteiger charge is 2.38. The number of ketones is 1. The summed E-state index contributed by atoms with van der Waals surface area (Å²) < 4.78 is 10.7. The monoisotopic (exact) mass is 330 g/mol. The first kappa shape index (κ1) is 15.4. The highest BCUT2D eigenvalue weighted by Crippen LogP contribution is 2.44. The Labute approximate surface area is 138 Å². The van der Waals surface area contributed by atoms with Gasteiger partial charge in [-0.1, -0.05) is 17.7 Å². The number of Topliss-reactive ketones (excluding diaryl/α,β-unsaturated/α-hetero) is 1. The first-order valence-corrected chi connectivity index (χ1v) is 7.62. The molecule has 23 heavy (non-hydrogen) atoms. The minimum absolute atomic E-state index is 0.0107. The number of halogens is 1. The van der Waals surface area contributed by atoms with Crippen LogP contribution >= 0.6 is 11.6 Å². The second kappa shape index (κ2) is 5.98. The van der Waals surface area contributed by atoms with Crippen molar-refractivity contribution in [2.45, 2.75) is 25.2 Å².